The summed E-state index contributed by atoms with van der Waals surface area (Å²) in [6, 6.07) is 0.178. The largest absolute Gasteiger partial charge is 0.339 e. The summed E-state index contributed by atoms with van der Waals surface area (Å²) in [4.78, 5) is 25.5. The van der Waals surface area contributed by atoms with Crippen molar-refractivity contribution in [2.75, 3.05) is 13.1 Å². The number of carbonyl (C=O) groups is 2. The van der Waals surface area contributed by atoms with E-state index in [1.165, 1.54) is 0 Å². The van der Waals surface area contributed by atoms with Gasteiger partial charge in [0, 0.05) is 37.4 Å². The summed E-state index contributed by atoms with van der Waals surface area (Å²) in [6.45, 7) is 3.35. The molecule has 1 amide bonds. The van der Waals surface area contributed by atoms with Gasteiger partial charge in [-0.1, -0.05) is 6.92 Å². The van der Waals surface area contributed by atoms with Gasteiger partial charge in [-0.15, -0.1) is 0 Å². The van der Waals surface area contributed by atoms with E-state index in [9.17, 15) is 9.59 Å². The summed E-state index contributed by atoms with van der Waals surface area (Å²) in [5.74, 6) is 0.974. The van der Waals surface area contributed by atoms with Crippen LogP contribution in [0.1, 0.15) is 39.0 Å². The lowest BCUT2D eigenvalue weighted by Gasteiger charge is -2.40. The second kappa shape index (κ2) is 5.17. The van der Waals surface area contributed by atoms with Gasteiger partial charge in [0.05, 0.1) is 0 Å². The van der Waals surface area contributed by atoms with Crippen LogP contribution in [0.25, 0.3) is 0 Å². The highest BCUT2D eigenvalue weighted by Gasteiger charge is 2.35. The lowest BCUT2D eigenvalue weighted by atomic mass is 9.78. The maximum absolute atomic E-state index is 12.1. The summed E-state index contributed by atoms with van der Waals surface area (Å²) in [5.41, 5.74) is 5.68. The molecule has 1 heterocycles. The number of Topliss-reactive ketones (excluding diaryl/α,β-unsaturated/α-hetero) is 1. The van der Waals surface area contributed by atoms with Crippen LogP contribution in [0.3, 0.4) is 0 Å². The van der Waals surface area contributed by atoms with Crippen LogP contribution in [-0.4, -0.2) is 35.7 Å². The van der Waals surface area contributed by atoms with E-state index in [0.717, 1.165) is 25.7 Å². The molecule has 0 aromatic heterocycles. The molecule has 0 atom stereocenters. The normalized spacial score (nSPS) is 29.9. The predicted octanol–water partition coefficient (Wildman–Crippen LogP) is 0.941. The second-order valence-corrected chi connectivity index (χ2v) is 5.37. The van der Waals surface area contributed by atoms with Crippen molar-refractivity contribution in [3.05, 3.63) is 0 Å². The molecule has 4 nitrogen and oxygen atoms in total. The molecule has 2 aliphatic rings. The van der Waals surface area contributed by atoms with E-state index >= 15 is 0 Å². The lowest BCUT2D eigenvalue weighted by Crippen LogP contribution is -2.59. The zero-order chi connectivity index (χ0) is 12.4. The molecule has 96 valence electrons. The highest BCUT2D eigenvalue weighted by atomic mass is 16.2. The molecule has 1 saturated carbocycles. The molecule has 0 radical (unpaired) electrons. The van der Waals surface area contributed by atoms with Crippen LogP contribution >= 0.6 is 0 Å². The number of amides is 1. The molecule has 0 bridgehead atoms. The molecule has 1 saturated heterocycles. The Labute approximate surface area is 103 Å². The first-order chi connectivity index (χ1) is 8.11. The second-order valence-electron chi connectivity index (χ2n) is 5.37. The first-order valence-corrected chi connectivity index (χ1v) is 6.69. The molecular weight excluding hydrogens is 216 g/mol. The Hall–Kier alpha value is -0.900. The Morgan fingerprint density at radius 1 is 1.12 bits per heavy atom. The summed E-state index contributed by atoms with van der Waals surface area (Å²) in [5, 5.41) is 0. The molecule has 2 fully saturated rings. The first kappa shape index (κ1) is 12.6. The Morgan fingerprint density at radius 3 is 2.12 bits per heavy atom. The van der Waals surface area contributed by atoms with Crippen LogP contribution in [0.15, 0.2) is 0 Å². The van der Waals surface area contributed by atoms with Gasteiger partial charge in [-0.3, -0.25) is 9.59 Å². The number of rotatable bonds is 3. The SMILES string of the molecule is CCC(=O)C1CCC(C(=O)N2CC(N)C2)CC1. The van der Waals surface area contributed by atoms with E-state index in [0.29, 0.717) is 25.3 Å². The average molecular weight is 238 g/mol. The number of likely N-dealkylation sites (tertiary alicyclic amines) is 1. The number of nitrogens with two attached hydrogens (primary N) is 1. The van der Waals surface area contributed by atoms with Crippen molar-refractivity contribution in [3.63, 3.8) is 0 Å². The molecule has 1 aliphatic heterocycles. The molecule has 4 heteroatoms. The van der Waals surface area contributed by atoms with E-state index in [-0.39, 0.29) is 23.8 Å². The molecule has 0 unspecified atom stereocenters. The fraction of sp³-hybridized carbons (Fsp3) is 0.846. The molecule has 2 N–H and O–H groups in total. The fourth-order valence-electron chi connectivity index (χ4n) is 2.90. The van der Waals surface area contributed by atoms with Gasteiger partial charge in [-0.2, -0.15) is 0 Å². The van der Waals surface area contributed by atoms with Gasteiger partial charge in [-0.25, -0.2) is 0 Å². The van der Waals surface area contributed by atoms with Crippen molar-refractivity contribution >= 4 is 11.7 Å². The summed E-state index contributed by atoms with van der Waals surface area (Å²) < 4.78 is 0. The van der Waals surface area contributed by atoms with Gasteiger partial charge in [0.2, 0.25) is 5.91 Å². The first-order valence-electron chi connectivity index (χ1n) is 6.69. The van der Waals surface area contributed by atoms with E-state index in [1.54, 1.807) is 0 Å². The molecule has 0 spiro atoms. The predicted molar refractivity (Wildman–Crippen MR) is 65.3 cm³/mol. The number of carbonyl (C=O) groups excluding carboxylic acids is 2. The topological polar surface area (TPSA) is 63.4 Å². The van der Waals surface area contributed by atoms with Crippen LogP contribution in [0, 0.1) is 11.8 Å². The molecule has 1 aliphatic carbocycles. The van der Waals surface area contributed by atoms with Gasteiger partial charge in [0.25, 0.3) is 0 Å². The maximum atomic E-state index is 12.1. The molecule has 0 aromatic carbocycles. The zero-order valence-corrected chi connectivity index (χ0v) is 10.5. The zero-order valence-electron chi connectivity index (χ0n) is 10.5. The van der Waals surface area contributed by atoms with Crippen molar-refractivity contribution in [3.8, 4) is 0 Å². The number of nitrogens with zero attached hydrogens (tertiary/aromatic N) is 1. The van der Waals surface area contributed by atoms with Gasteiger partial charge in [0.1, 0.15) is 5.78 Å². The molecular formula is C13H22N2O2. The maximum Gasteiger partial charge on any atom is 0.225 e. The van der Waals surface area contributed by atoms with Crippen molar-refractivity contribution < 1.29 is 9.59 Å². The summed E-state index contributed by atoms with van der Waals surface area (Å²) >= 11 is 0. The smallest absolute Gasteiger partial charge is 0.225 e. The van der Waals surface area contributed by atoms with Gasteiger partial charge < -0.3 is 10.6 Å². The van der Waals surface area contributed by atoms with Crippen LogP contribution in [0.2, 0.25) is 0 Å². The number of ketones is 1. The van der Waals surface area contributed by atoms with E-state index in [1.807, 2.05) is 11.8 Å². The Kier molecular flexibility index (Phi) is 3.82. The fourth-order valence-corrected chi connectivity index (χ4v) is 2.90. The third-order valence-electron chi connectivity index (χ3n) is 4.10. The van der Waals surface area contributed by atoms with Crippen LogP contribution in [0.5, 0.6) is 0 Å². The Bertz CT molecular complexity index is 303. The number of hydrogen-bond acceptors (Lipinski definition) is 3. The third-order valence-corrected chi connectivity index (χ3v) is 4.10. The monoisotopic (exact) mass is 238 g/mol. The van der Waals surface area contributed by atoms with Crippen LogP contribution in [-0.2, 0) is 9.59 Å². The van der Waals surface area contributed by atoms with E-state index in [2.05, 4.69) is 0 Å². The average Bonchev–Trinajstić information content (AvgIpc) is 2.33. The van der Waals surface area contributed by atoms with Crippen LogP contribution < -0.4 is 5.73 Å². The van der Waals surface area contributed by atoms with Crippen molar-refractivity contribution in [1.82, 2.24) is 4.90 Å². The highest BCUT2D eigenvalue weighted by Crippen LogP contribution is 2.31. The standard InChI is InChI=1S/C13H22N2O2/c1-2-12(16)9-3-5-10(6-4-9)13(17)15-7-11(14)8-15/h9-11H,2-8,14H2,1H3. The third kappa shape index (κ3) is 2.68. The number of hydrogen-bond donors (Lipinski definition) is 1. The summed E-state index contributed by atoms with van der Waals surface area (Å²) in [7, 11) is 0. The molecule has 0 aromatic rings. The molecule has 17 heavy (non-hydrogen) atoms. The van der Waals surface area contributed by atoms with Gasteiger partial charge in [-0.05, 0) is 25.7 Å². The van der Waals surface area contributed by atoms with Crippen molar-refractivity contribution in [2.24, 2.45) is 17.6 Å². The minimum Gasteiger partial charge on any atom is -0.339 e. The van der Waals surface area contributed by atoms with Crippen molar-refractivity contribution in [2.45, 2.75) is 45.1 Å². The molecule has 2 rings (SSSR count). The van der Waals surface area contributed by atoms with Gasteiger partial charge in [0.15, 0.2) is 0 Å². The highest BCUT2D eigenvalue weighted by molar-refractivity contribution is 5.82. The van der Waals surface area contributed by atoms with Gasteiger partial charge >= 0.3 is 0 Å². The minimum absolute atomic E-state index is 0.142. The van der Waals surface area contributed by atoms with Crippen LogP contribution in [0.4, 0.5) is 0 Å². The van der Waals surface area contributed by atoms with Crippen molar-refractivity contribution in [1.29, 1.82) is 0 Å². The summed E-state index contributed by atoms with van der Waals surface area (Å²) in [6.07, 6.45) is 4.16. The quantitative estimate of drug-likeness (QED) is 0.796. The lowest BCUT2D eigenvalue weighted by molar-refractivity contribution is -0.142. The van der Waals surface area contributed by atoms with E-state index < -0.39 is 0 Å². The minimum atomic E-state index is 0.142. The van der Waals surface area contributed by atoms with E-state index in [4.69, 9.17) is 5.73 Å². The Morgan fingerprint density at radius 2 is 1.65 bits per heavy atom. The Balaban J connectivity index is 1.79.